The van der Waals surface area contributed by atoms with Gasteiger partial charge in [-0.05, 0) is 12.1 Å². The molecular weight excluding hydrogens is 380 g/mol. The van der Waals surface area contributed by atoms with Crippen molar-refractivity contribution in [1.82, 2.24) is 0 Å². The van der Waals surface area contributed by atoms with Gasteiger partial charge in [-0.25, -0.2) is 12.8 Å². The number of fused-ring (bicyclic) bond motifs is 1. The number of benzene rings is 2. The lowest BCUT2D eigenvalue weighted by molar-refractivity contribution is 0.297. The second-order valence-corrected chi connectivity index (χ2v) is 7.45. The highest BCUT2D eigenvalue weighted by atomic mass is 35.5. The second-order valence-electron chi connectivity index (χ2n) is 4.99. The monoisotopic (exact) mass is 391 g/mol. The summed E-state index contributed by atoms with van der Waals surface area (Å²) in [6.07, 6.45) is 0.696. The number of hydrogen-bond donors (Lipinski definition) is 1. The smallest absolute Gasteiger partial charge is 0.264 e. The molecule has 0 radical (unpaired) electrons. The Morgan fingerprint density at radius 1 is 1.04 bits per heavy atom. The molecule has 5 nitrogen and oxygen atoms in total. The zero-order valence-corrected chi connectivity index (χ0v) is 14.5. The Morgan fingerprint density at radius 2 is 1.71 bits per heavy atom. The molecule has 0 bridgehead atoms. The number of rotatable bonds is 3. The van der Waals surface area contributed by atoms with Gasteiger partial charge in [-0.1, -0.05) is 29.3 Å². The number of ether oxygens (including phenoxy) is 2. The van der Waals surface area contributed by atoms with Crippen molar-refractivity contribution in [2.24, 2.45) is 0 Å². The van der Waals surface area contributed by atoms with Crippen molar-refractivity contribution < 1.29 is 22.3 Å². The number of halogens is 3. The van der Waals surface area contributed by atoms with E-state index < -0.39 is 20.7 Å². The van der Waals surface area contributed by atoms with Crippen LogP contribution in [0.5, 0.6) is 11.5 Å². The second kappa shape index (κ2) is 6.66. The minimum atomic E-state index is -4.21. The molecule has 2 aromatic carbocycles. The number of sulfonamides is 1. The molecule has 0 amide bonds. The average Bonchev–Trinajstić information content (AvgIpc) is 2.75. The molecule has 0 fully saturated rings. The molecule has 0 aromatic heterocycles. The summed E-state index contributed by atoms with van der Waals surface area (Å²) in [5.41, 5.74) is 0.0558. The third kappa shape index (κ3) is 3.38. The van der Waals surface area contributed by atoms with E-state index in [0.29, 0.717) is 31.1 Å². The normalized spacial score (nSPS) is 14.1. The van der Waals surface area contributed by atoms with E-state index in [1.165, 1.54) is 24.3 Å². The highest BCUT2D eigenvalue weighted by Gasteiger charge is 2.23. The van der Waals surface area contributed by atoms with Gasteiger partial charge in [0.15, 0.2) is 17.3 Å². The summed E-state index contributed by atoms with van der Waals surface area (Å²) < 4.78 is 52.1. The summed E-state index contributed by atoms with van der Waals surface area (Å²) in [5, 5.41) is -0.187. The molecule has 0 saturated carbocycles. The molecule has 1 aliphatic rings. The molecule has 0 unspecified atom stereocenters. The van der Waals surface area contributed by atoms with Crippen LogP contribution in [0.15, 0.2) is 35.2 Å². The van der Waals surface area contributed by atoms with Crippen molar-refractivity contribution in [1.29, 1.82) is 0 Å². The molecule has 0 atom stereocenters. The summed E-state index contributed by atoms with van der Waals surface area (Å²) >= 11 is 11.7. The zero-order valence-electron chi connectivity index (χ0n) is 12.2. The Kier molecular flexibility index (Phi) is 4.76. The summed E-state index contributed by atoms with van der Waals surface area (Å²) in [7, 11) is -4.21. The van der Waals surface area contributed by atoms with Gasteiger partial charge in [0.1, 0.15) is 4.90 Å². The maximum Gasteiger partial charge on any atom is 0.264 e. The Bertz CT molecular complexity index is 889. The highest BCUT2D eigenvalue weighted by Crippen LogP contribution is 2.38. The standard InChI is InChI=1S/C15H12Cl2FNO4S/c16-9-3-1-4-14(15(9)18)24(20,21)19-11-8-13-12(7-10(11)17)22-5-2-6-23-13/h1,3-4,7-8,19H,2,5-6H2. The van der Waals surface area contributed by atoms with Crippen molar-refractivity contribution in [3.8, 4) is 11.5 Å². The van der Waals surface area contributed by atoms with E-state index in [1.54, 1.807) is 0 Å². The molecule has 128 valence electrons. The average molecular weight is 392 g/mol. The lowest BCUT2D eigenvalue weighted by Crippen LogP contribution is -2.15. The van der Waals surface area contributed by atoms with Gasteiger partial charge < -0.3 is 9.47 Å². The molecule has 9 heteroatoms. The molecular formula is C15H12Cl2FNO4S. The van der Waals surface area contributed by atoms with Gasteiger partial charge >= 0.3 is 0 Å². The van der Waals surface area contributed by atoms with Crippen molar-refractivity contribution in [2.45, 2.75) is 11.3 Å². The van der Waals surface area contributed by atoms with Crippen LogP contribution in [-0.2, 0) is 10.0 Å². The molecule has 2 aromatic rings. The van der Waals surface area contributed by atoms with E-state index in [4.69, 9.17) is 32.7 Å². The van der Waals surface area contributed by atoms with Crippen LogP contribution in [-0.4, -0.2) is 21.6 Å². The van der Waals surface area contributed by atoms with Gasteiger partial charge in [-0.15, -0.1) is 0 Å². The van der Waals surface area contributed by atoms with Crippen LogP contribution in [0.1, 0.15) is 6.42 Å². The minimum absolute atomic E-state index is 0.0558. The van der Waals surface area contributed by atoms with E-state index in [1.807, 2.05) is 0 Å². The SMILES string of the molecule is O=S(=O)(Nc1cc2c(cc1Cl)OCCCO2)c1cccc(Cl)c1F. The van der Waals surface area contributed by atoms with E-state index in [9.17, 15) is 12.8 Å². The summed E-state index contributed by atoms with van der Waals surface area (Å²) in [6.45, 7) is 0.909. The van der Waals surface area contributed by atoms with Crippen molar-refractivity contribution in [3.05, 3.63) is 46.2 Å². The van der Waals surface area contributed by atoms with E-state index in [2.05, 4.69) is 4.72 Å². The predicted molar refractivity (Wildman–Crippen MR) is 89.3 cm³/mol. The van der Waals surface area contributed by atoms with Gasteiger partial charge in [-0.2, -0.15) is 0 Å². The van der Waals surface area contributed by atoms with Gasteiger partial charge in [0.05, 0.1) is 28.9 Å². The van der Waals surface area contributed by atoms with Crippen LogP contribution in [0.2, 0.25) is 10.0 Å². The first-order chi connectivity index (χ1) is 11.4. The fourth-order valence-electron chi connectivity index (χ4n) is 2.15. The third-order valence-electron chi connectivity index (χ3n) is 3.29. The van der Waals surface area contributed by atoms with Gasteiger partial charge in [0, 0.05) is 18.6 Å². The Balaban J connectivity index is 1.98. The molecule has 0 spiro atoms. The molecule has 24 heavy (non-hydrogen) atoms. The first-order valence-corrected chi connectivity index (χ1v) is 9.18. The maximum atomic E-state index is 14.0. The number of anilines is 1. The molecule has 1 aliphatic heterocycles. The molecule has 1 N–H and O–H groups in total. The van der Waals surface area contributed by atoms with Crippen LogP contribution in [0.25, 0.3) is 0 Å². The first kappa shape index (κ1) is 17.1. The van der Waals surface area contributed by atoms with E-state index in [0.717, 1.165) is 6.07 Å². The fraction of sp³-hybridized carbons (Fsp3) is 0.200. The summed E-state index contributed by atoms with van der Waals surface area (Å²) in [6, 6.07) is 6.57. The molecule has 1 heterocycles. The van der Waals surface area contributed by atoms with Crippen LogP contribution in [0.4, 0.5) is 10.1 Å². The molecule has 3 rings (SSSR count). The van der Waals surface area contributed by atoms with Gasteiger partial charge in [-0.3, -0.25) is 4.72 Å². The Morgan fingerprint density at radius 3 is 2.42 bits per heavy atom. The van der Waals surface area contributed by atoms with Gasteiger partial charge in [0.2, 0.25) is 0 Å². The Hall–Kier alpha value is -1.70. The van der Waals surface area contributed by atoms with Crippen LogP contribution in [0, 0.1) is 5.82 Å². The van der Waals surface area contributed by atoms with Crippen LogP contribution >= 0.6 is 23.2 Å². The number of hydrogen-bond acceptors (Lipinski definition) is 4. The molecule has 0 saturated heterocycles. The highest BCUT2D eigenvalue weighted by molar-refractivity contribution is 7.92. The Labute approximate surface area is 148 Å². The summed E-state index contributed by atoms with van der Waals surface area (Å²) in [5.74, 6) is -0.243. The van der Waals surface area contributed by atoms with Crippen LogP contribution < -0.4 is 14.2 Å². The van der Waals surface area contributed by atoms with Crippen LogP contribution in [0.3, 0.4) is 0 Å². The minimum Gasteiger partial charge on any atom is -0.490 e. The zero-order chi connectivity index (χ0) is 17.3. The first-order valence-electron chi connectivity index (χ1n) is 6.94. The van der Waals surface area contributed by atoms with E-state index in [-0.39, 0.29) is 15.7 Å². The lowest BCUT2D eigenvalue weighted by atomic mass is 10.3. The lowest BCUT2D eigenvalue weighted by Gasteiger charge is -2.14. The number of nitrogens with one attached hydrogen (secondary N) is 1. The quantitative estimate of drug-likeness (QED) is 0.855. The molecule has 0 aliphatic carbocycles. The van der Waals surface area contributed by atoms with Crippen molar-refractivity contribution in [2.75, 3.05) is 17.9 Å². The van der Waals surface area contributed by atoms with Gasteiger partial charge in [0.25, 0.3) is 10.0 Å². The fourth-order valence-corrected chi connectivity index (χ4v) is 3.81. The van der Waals surface area contributed by atoms with E-state index >= 15 is 0 Å². The topological polar surface area (TPSA) is 64.6 Å². The van der Waals surface area contributed by atoms with Crippen molar-refractivity contribution >= 4 is 38.9 Å². The van der Waals surface area contributed by atoms with Crippen molar-refractivity contribution in [3.63, 3.8) is 0 Å². The third-order valence-corrected chi connectivity index (χ3v) is 5.27. The largest absolute Gasteiger partial charge is 0.490 e. The summed E-state index contributed by atoms with van der Waals surface area (Å²) in [4.78, 5) is -0.571. The maximum absolute atomic E-state index is 14.0. The predicted octanol–water partition coefficient (Wildman–Crippen LogP) is 4.09.